The van der Waals surface area contributed by atoms with E-state index in [1.54, 1.807) is 10.6 Å². The summed E-state index contributed by atoms with van der Waals surface area (Å²) in [4.78, 5) is 0. The maximum absolute atomic E-state index is 2.35. The molecule has 1 aliphatic heterocycles. The van der Waals surface area contributed by atoms with Gasteiger partial charge in [-0.1, -0.05) is 121 Å². The Morgan fingerprint density at radius 1 is 0.455 bits per heavy atom. The van der Waals surface area contributed by atoms with Crippen LogP contribution in [0.5, 0.6) is 0 Å². The van der Waals surface area contributed by atoms with Crippen molar-refractivity contribution in [2.75, 3.05) is 12.5 Å². The molecule has 1 aliphatic rings. The van der Waals surface area contributed by atoms with Crippen LogP contribution >= 0.6 is 39.4 Å². The van der Waals surface area contributed by atoms with Crippen molar-refractivity contribution < 1.29 is 0 Å². The number of hydrogen-bond acceptors (Lipinski definition) is 2. The fraction of sp³-hybridized carbons (Fsp3) is 0.103. The van der Waals surface area contributed by atoms with Crippen molar-refractivity contribution in [3.8, 4) is 0 Å². The lowest BCUT2D eigenvalue weighted by atomic mass is 10.1. The van der Waals surface area contributed by atoms with E-state index in [4.69, 9.17) is 0 Å². The fourth-order valence-electron chi connectivity index (χ4n) is 4.51. The maximum Gasteiger partial charge on any atom is 0.115 e. The third kappa shape index (κ3) is 4.13. The average molecular weight is 501 g/mol. The summed E-state index contributed by atoms with van der Waals surface area (Å²) < 4.78 is 0.0592. The van der Waals surface area contributed by atoms with Gasteiger partial charge in [-0.3, -0.25) is 0 Å². The molecule has 4 heteroatoms. The molecule has 0 amide bonds. The standard InChI is InChI=1S/C29H26P2S2/c1-32-29(33-2)30(25-19-11-5-12-20-25)27(23-15-7-3-8-16-23)28(24-17-9-4-10-18-24)31(29)26-21-13-6-14-22-26/h3-22H,1-2H3. The summed E-state index contributed by atoms with van der Waals surface area (Å²) in [5.74, 6) is 0. The molecule has 0 N–H and O–H groups in total. The molecule has 0 bridgehead atoms. The van der Waals surface area contributed by atoms with Crippen LogP contribution in [0.4, 0.5) is 0 Å². The molecular formula is C29H26P2S2. The maximum atomic E-state index is 2.35. The SMILES string of the molecule is CSC1(SC)P(c2ccccc2)C(c2ccccc2)=C(c2ccccc2)P1c1ccccc1. The molecule has 0 radical (unpaired) electrons. The van der Waals surface area contributed by atoms with E-state index in [-0.39, 0.29) is 3.56 Å². The summed E-state index contributed by atoms with van der Waals surface area (Å²) >= 11 is 4.12. The van der Waals surface area contributed by atoms with Crippen molar-refractivity contribution in [2.45, 2.75) is 3.56 Å². The molecule has 0 aliphatic carbocycles. The second-order valence-electron chi connectivity index (χ2n) is 7.73. The van der Waals surface area contributed by atoms with Gasteiger partial charge in [-0.15, -0.1) is 23.5 Å². The highest BCUT2D eigenvalue weighted by molar-refractivity contribution is 8.37. The van der Waals surface area contributed by atoms with E-state index in [0.29, 0.717) is 0 Å². The summed E-state index contributed by atoms with van der Waals surface area (Å²) in [6.45, 7) is 0. The molecule has 1 heterocycles. The van der Waals surface area contributed by atoms with Crippen molar-refractivity contribution in [2.24, 2.45) is 0 Å². The van der Waals surface area contributed by atoms with Gasteiger partial charge in [-0.25, -0.2) is 0 Å². The third-order valence-corrected chi connectivity index (χ3v) is 18.3. The lowest BCUT2D eigenvalue weighted by Crippen LogP contribution is -2.22. The topological polar surface area (TPSA) is 0 Å². The van der Waals surface area contributed by atoms with E-state index in [2.05, 4.69) is 157 Å². The van der Waals surface area contributed by atoms with Crippen LogP contribution in [0.3, 0.4) is 0 Å². The molecule has 0 spiro atoms. The normalized spacial score (nSPS) is 19.6. The molecular weight excluding hydrogens is 474 g/mol. The van der Waals surface area contributed by atoms with Crippen molar-refractivity contribution in [1.82, 2.24) is 0 Å². The van der Waals surface area contributed by atoms with Gasteiger partial charge in [0.25, 0.3) is 0 Å². The Balaban J connectivity index is 1.91. The van der Waals surface area contributed by atoms with E-state index in [0.717, 1.165) is 0 Å². The van der Waals surface area contributed by atoms with Gasteiger partial charge in [0.2, 0.25) is 0 Å². The first kappa shape index (κ1) is 22.9. The molecule has 0 fully saturated rings. The first-order valence-electron chi connectivity index (χ1n) is 11.0. The minimum Gasteiger partial charge on any atom is -0.137 e. The zero-order valence-electron chi connectivity index (χ0n) is 18.8. The number of hydrogen-bond donors (Lipinski definition) is 0. The summed E-state index contributed by atoms with van der Waals surface area (Å²) in [5.41, 5.74) is 2.72. The van der Waals surface area contributed by atoms with Crippen LogP contribution in [0.25, 0.3) is 10.6 Å². The van der Waals surface area contributed by atoms with E-state index < -0.39 is 15.8 Å². The quantitative estimate of drug-likeness (QED) is 0.192. The first-order chi connectivity index (χ1) is 16.3. The summed E-state index contributed by atoms with van der Waals surface area (Å²) in [5, 5.41) is 6.01. The van der Waals surface area contributed by atoms with Crippen LogP contribution in [-0.4, -0.2) is 16.1 Å². The molecule has 164 valence electrons. The van der Waals surface area contributed by atoms with Crippen LogP contribution in [0.2, 0.25) is 0 Å². The van der Waals surface area contributed by atoms with Gasteiger partial charge in [-0.05, 0) is 60.7 Å². The van der Waals surface area contributed by atoms with Gasteiger partial charge >= 0.3 is 0 Å². The van der Waals surface area contributed by atoms with Crippen LogP contribution in [0.15, 0.2) is 121 Å². The van der Waals surface area contributed by atoms with Crippen LogP contribution < -0.4 is 10.6 Å². The Morgan fingerprint density at radius 2 is 0.758 bits per heavy atom. The molecule has 33 heavy (non-hydrogen) atoms. The molecule has 0 saturated carbocycles. The minimum absolute atomic E-state index is 0.0592. The van der Waals surface area contributed by atoms with Gasteiger partial charge in [0.15, 0.2) is 0 Å². The van der Waals surface area contributed by atoms with Crippen molar-refractivity contribution in [1.29, 1.82) is 0 Å². The number of benzene rings is 4. The predicted molar refractivity (Wildman–Crippen MR) is 155 cm³/mol. The van der Waals surface area contributed by atoms with Crippen LogP contribution in [-0.2, 0) is 0 Å². The Morgan fingerprint density at radius 3 is 1.06 bits per heavy atom. The Hall–Kier alpha value is -1.82. The summed E-state index contributed by atoms with van der Waals surface area (Å²) in [6, 6.07) is 44.7. The van der Waals surface area contributed by atoms with Crippen LogP contribution in [0.1, 0.15) is 11.1 Å². The molecule has 2 unspecified atom stereocenters. The van der Waals surface area contributed by atoms with Crippen molar-refractivity contribution in [3.05, 3.63) is 132 Å². The highest BCUT2D eigenvalue weighted by Crippen LogP contribution is 2.89. The Kier molecular flexibility index (Phi) is 7.10. The Bertz CT molecular complexity index is 1130. The predicted octanol–water partition coefficient (Wildman–Crippen LogP) is 8.48. The van der Waals surface area contributed by atoms with Gasteiger partial charge in [-0.2, -0.15) is 0 Å². The first-order valence-corrected chi connectivity index (χ1v) is 16.1. The zero-order chi connectivity index (χ0) is 22.7. The second kappa shape index (κ2) is 10.2. The zero-order valence-corrected chi connectivity index (χ0v) is 22.2. The molecule has 5 rings (SSSR count). The highest BCUT2D eigenvalue weighted by Gasteiger charge is 2.55. The smallest absolute Gasteiger partial charge is 0.115 e. The molecule has 0 nitrogen and oxygen atoms in total. The van der Waals surface area contributed by atoms with Gasteiger partial charge in [0, 0.05) is 0 Å². The fourth-order valence-corrected chi connectivity index (χ4v) is 17.3. The molecule has 0 aromatic heterocycles. The Labute approximate surface area is 208 Å². The molecule has 0 saturated heterocycles. The average Bonchev–Trinajstić information content (AvgIpc) is 3.22. The van der Waals surface area contributed by atoms with Gasteiger partial charge in [0.1, 0.15) is 3.56 Å². The van der Waals surface area contributed by atoms with E-state index in [1.165, 1.54) is 21.7 Å². The second-order valence-corrected chi connectivity index (χ2v) is 16.2. The van der Waals surface area contributed by atoms with E-state index in [9.17, 15) is 0 Å². The largest absolute Gasteiger partial charge is 0.137 e. The van der Waals surface area contributed by atoms with Crippen LogP contribution in [0, 0.1) is 0 Å². The number of rotatable bonds is 6. The summed E-state index contributed by atoms with van der Waals surface area (Å²) in [6.07, 6.45) is 4.65. The lowest BCUT2D eigenvalue weighted by Gasteiger charge is -2.40. The van der Waals surface area contributed by atoms with Gasteiger partial charge < -0.3 is 0 Å². The highest BCUT2D eigenvalue weighted by atomic mass is 32.2. The monoisotopic (exact) mass is 500 g/mol. The van der Waals surface area contributed by atoms with E-state index in [1.807, 2.05) is 0 Å². The molecule has 2 atom stereocenters. The number of thioether (sulfide) groups is 2. The van der Waals surface area contributed by atoms with Crippen molar-refractivity contribution >= 4 is 60.6 Å². The van der Waals surface area contributed by atoms with E-state index >= 15 is 0 Å². The molecule has 4 aromatic rings. The lowest BCUT2D eigenvalue weighted by molar-refractivity contribution is 1.63. The van der Waals surface area contributed by atoms with Crippen molar-refractivity contribution in [3.63, 3.8) is 0 Å². The van der Waals surface area contributed by atoms with Gasteiger partial charge in [0.05, 0.1) is 0 Å². The minimum atomic E-state index is -0.619. The molecule has 4 aromatic carbocycles. The third-order valence-electron chi connectivity index (χ3n) is 5.89. The summed E-state index contributed by atoms with van der Waals surface area (Å²) in [7, 11) is -1.24.